The van der Waals surface area contributed by atoms with Gasteiger partial charge in [-0.1, -0.05) is 41.9 Å². The summed E-state index contributed by atoms with van der Waals surface area (Å²) in [6, 6.07) is 8.58. The van der Waals surface area contributed by atoms with Gasteiger partial charge in [0.15, 0.2) is 0 Å². The first-order valence-corrected chi connectivity index (χ1v) is 14.0. The highest BCUT2D eigenvalue weighted by atomic mass is 35.5. The predicted molar refractivity (Wildman–Crippen MR) is 165 cm³/mol. The average molecular weight is 618 g/mol. The highest BCUT2D eigenvalue weighted by Gasteiger charge is 2.31. The number of piperazine rings is 1. The van der Waals surface area contributed by atoms with E-state index in [0.29, 0.717) is 77.9 Å². The van der Waals surface area contributed by atoms with E-state index < -0.39 is 5.91 Å². The van der Waals surface area contributed by atoms with E-state index in [9.17, 15) is 9.59 Å². The van der Waals surface area contributed by atoms with Crippen LogP contribution in [0.5, 0.6) is 5.75 Å². The number of carbonyl (C=O) groups is 2. The Bertz CT molecular complexity index is 1410. The second-order valence-electron chi connectivity index (χ2n) is 9.54. The molecule has 0 spiro atoms. The molecule has 12 nitrogen and oxygen atoms in total. The largest absolute Gasteiger partial charge is 0.494 e. The third-order valence-corrected chi connectivity index (χ3v) is 7.80. The molecule has 0 radical (unpaired) electrons. The van der Waals surface area contributed by atoms with Gasteiger partial charge in [-0.3, -0.25) is 14.4 Å². The lowest BCUT2D eigenvalue weighted by atomic mass is 10.0. The summed E-state index contributed by atoms with van der Waals surface area (Å²) in [5, 5.41) is 5.29. The van der Waals surface area contributed by atoms with E-state index in [1.165, 1.54) is 19.3 Å². The van der Waals surface area contributed by atoms with Crippen LogP contribution in [0, 0.1) is 0 Å². The lowest BCUT2D eigenvalue weighted by Gasteiger charge is -2.36. The molecule has 2 aromatic carbocycles. The van der Waals surface area contributed by atoms with Crippen molar-refractivity contribution in [1.29, 1.82) is 0 Å². The predicted octanol–water partition coefficient (Wildman–Crippen LogP) is 3.47. The van der Waals surface area contributed by atoms with E-state index in [1.807, 2.05) is 12.1 Å². The third-order valence-electron chi connectivity index (χ3n) is 6.97. The number of amidine groups is 1. The molecule has 4 rings (SSSR count). The average Bonchev–Trinajstić information content (AvgIpc) is 3.47. The first-order chi connectivity index (χ1) is 20.2. The van der Waals surface area contributed by atoms with Gasteiger partial charge in [-0.15, -0.1) is 0 Å². The van der Waals surface area contributed by atoms with Crippen molar-refractivity contribution in [2.75, 3.05) is 50.1 Å². The number of amides is 2. The van der Waals surface area contributed by atoms with Crippen LogP contribution in [-0.4, -0.2) is 67.5 Å². The van der Waals surface area contributed by atoms with E-state index in [-0.39, 0.29) is 17.8 Å². The Balaban J connectivity index is 1.67. The normalized spacial score (nSPS) is 17.7. The lowest BCUT2D eigenvalue weighted by molar-refractivity contribution is -0.129. The van der Waals surface area contributed by atoms with Gasteiger partial charge in [-0.2, -0.15) is 0 Å². The monoisotopic (exact) mass is 616 g/mol. The van der Waals surface area contributed by atoms with Crippen LogP contribution in [0.4, 0.5) is 17.1 Å². The second-order valence-corrected chi connectivity index (χ2v) is 10.3. The molecule has 42 heavy (non-hydrogen) atoms. The van der Waals surface area contributed by atoms with Crippen LogP contribution in [0.2, 0.25) is 10.0 Å². The van der Waals surface area contributed by atoms with Crippen molar-refractivity contribution in [1.82, 2.24) is 15.4 Å². The summed E-state index contributed by atoms with van der Waals surface area (Å²) in [6.07, 6.45) is 3.34. The van der Waals surface area contributed by atoms with Gasteiger partial charge in [0.25, 0.3) is 0 Å². The number of rotatable bonds is 9. The Labute approximate surface area is 254 Å². The zero-order valence-electron chi connectivity index (χ0n) is 23.4. The number of methoxy groups -OCH3 is 1. The molecule has 2 amide bonds. The van der Waals surface area contributed by atoms with E-state index >= 15 is 0 Å². The molecule has 2 aromatic rings. The van der Waals surface area contributed by atoms with Crippen molar-refractivity contribution in [2.45, 2.75) is 19.4 Å². The van der Waals surface area contributed by atoms with Crippen LogP contribution < -0.4 is 32.0 Å². The molecule has 0 saturated carbocycles. The molecule has 2 heterocycles. The van der Waals surface area contributed by atoms with Gasteiger partial charge in [-0.25, -0.2) is 15.9 Å². The summed E-state index contributed by atoms with van der Waals surface area (Å²) in [5.41, 5.74) is 11.3. The van der Waals surface area contributed by atoms with Gasteiger partial charge in [-0.05, 0) is 23.8 Å². The quantitative estimate of drug-likeness (QED) is 0.109. The van der Waals surface area contributed by atoms with Crippen LogP contribution in [0.3, 0.4) is 0 Å². The van der Waals surface area contributed by atoms with Gasteiger partial charge >= 0.3 is 0 Å². The Kier molecular flexibility index (Phi) is 10.2. The number of hydrogen-bond acceptors (Lipinski definition) is 9. The zero-order valence-corrected chi connectivity index (χ0v) is 24.9. The Morgan fingerprint density at radius 3 is 2.60 bits per heavy atom. The SMILES string of the molecule is C=CC(=O)Nc1cc(N=C(N)/C=C(\NN)N2OCC[C@@H]2c2cccc(Cl)c2Cl)c(OC)cc1N1CCN(C(C)=O)CC1. The van der Waals surface area contributed by atoms with Crippen molar-refractivity contribution in [3.63, 3.8) is 0 Å². The first kappa shape index (κ1) is 31.0. The minimum atomic E-state index is -0.391. The number of halogens is 2. The molecule has 2 aliphatic heterocycles. The number of hydrazine groups is 1. The maximum atomic E-state index is 12.3. The highest BCUT2D eigenvalue weighted by molar-refractivity contribution is 6.42. The maximum absolute atomic E-state index is 12.3. The summed E-state index contributed by atoms with van der Waals surface area (Å²) in [6.45, 7) is 7.78. The van der Waals surface area contributed by atoms with Crippen LogP contribution in [0.15, 0.2) is 59.9 Å². The number of aliphatic imine (C=N–C) groups is 1. The van der Waals surface area contributed by atoms with Crippen LogP contribution in [0.1, 0.15) is 24.9 Å². The van der Waals surface area contributed by atoms with Crippen molar-refractivity contribution in [3.05, 3.63) is 70.5 Å². The Hall–Kier alpha value is -3.97. The van der Waals surface area contributed by atoms with Gasteiger partial charge < -0.3 is 31.0 Å². The number of nitrogens with one attached hydrogen (secondary N) is 2. The summed E-state index contributed by atoms with van der Waals surface area (Å²) >= 11 is 12.7. The number of ether oxygens (including phenoxy) is 1. The van der Waals surface area contributed by atoms with Crippen molar-refractivity contribution < 1.29 is 19.2 Å². The molecule has 2 saturated heterocycles. The Morgan fingerprint density at radius 1 is 1.21 bits per heavy atom. The van der Waals surface area contributed by atoms with Crippen LogP contribution >= 0.6 is 23.2 Å². The van der Waals surface area contributed by atoms with Crippen LogP contribution in [0.25, 0.3) is 0 Å². The van der Waals surface area contributed by atoms with Gasteiger partial charge in [0.1, 0.15) is 23.1 Å². The number of nitrogens with zero attached hydrogens (tertiary/aromatic N) is 4. The fourth-order valence-electron chi connectivity index (χ4n) is 4.86. The lowest BCUT2D eigenvalue weighted by Crippen LogP contribution is -2.48. The topological polar surface area (TPSA) is 151 Å². The van der Waals surface area contributed by atoms with E-state index in [1.54, 1.807) is 35.1 Å². The molecule has 0 unspecified atom stereocenters. The second kappa shape index (κ2) is 13.8. The molecule has 1 atom stereocenters. The fourth-order valence-corrected chi connectivity index (χ4v) is 5.30. The molecular formula is C28H34Cl2N8O4. The van der Waals surface area contributed by atoms with E-state index in [2.05, 4.69) is 27.2 Å². The molecule has 0 bridgehead atoms. The van der Waals surface area contributed by atoms with Gasteiger partial charge in [0, 0.05) is 51.7 Å². The molecular weight excluding hydrogens is 583 g/mol. The standard InChI is InChI=1S/C28H34Cl2N8O4/c1-4-27(40)34-20-14-21(24(41-3)15-23(20)37-11-9-36(10-12-37)17(2)39)33-25(31)16-26(35-32)38-22(8-13-42-38)18-6-5-7-19(29)28(18)30/h4-7,14-16,22,35H,1,8-13,32H2,2-3H3,(H2,31,33)(H,34,40)/b26-16+/t22-/m1/s1. The molecule has 2 aliphatic rings. The molecule has 14 heteroatoms. The smallest absolute Gasteiger partial charge is 0.247 e. The van der Waals surface area contributed by atoms with Crippen molar-refractivity contribution >= 4 is 57.9 Å². The minimum absolute atomic E-state index is 0.0216. The first-order valence-electron chi connectivity index (χ1n) is 13.2. The van der Waals surface area contributed by atoms with Gasteiger partial charge in [0.05, 0.1) is 41.2 Å². The number of hydrogen-bond donors (Lipinski definition) is 4. The number of carbonyl (C=O) groups excluding carboxylic acids is 2. The summed E-state index contributed by atoms with van der Waals surface area (Å²) in [7, 11) is 1.52. The number of anilines is 2. The minimum Gasteiger partial charge on any atom is -0.494 e. The number of benzene rings is 2. The fraction of sp³-hybridized carbons (Fsp3) is 0.321. The maximum Gasteiger partial charge on any atom is 0.247 e. The van der Waals surface area contributed by atoms with Gasteiger partial charge in [0.2, 0.25) is 11.8 Å². The summed E-state index contributed by atoms with van der Waals surface area (Å²) < 4.78 is 5.64. The van der Waals surface area contributed by atoms with Crippen molar-refractivity contribution in [2.24, 2.45) is 16.6 Å². The van der Waals surface area contributed by atoms with Crippen LogP contribution in [-0.2, 0) is 14.4 Å². The summed E-state index contributed by atoms with van der Waals surface area (Å²) in [5.74, 6) is 6.34. The molecule has 2 fully saturated rings. The number of hydroxylamine groups is 2. The van der Waals surface area contributed by atoms with E-state index in [4.69, 9.17) is 44.4 Å². The third kappa shape index (κ3) is 6.90. The number of nitrogens with two attached hydrogens (primary N) is 2. The van der Waals surface area contributed by atoms with Crippen molar-refractivity contribution in [3.8, 4) is 5.75 Å². The van der Waals surface area contributed by atoms with E-state index in [0.717, 1.165) is 5.56 Å². The Morgan fingerprint density at radius 2 is 1.95 bits per heavy atom. The highest BCUT2D eigenvalue weighted by Crippen LogP contribution is 2.40. The summed E-state index contributed by atoms with van der Waals surface area (Å²) in [4.78, 5) is 38.3. The molecule has 0 aliphatic carbocycles. The molecule has 6 N–H and O–H groups in total. The molecule has 0 aromatic heterocycles. The molecule has 224 valence electrons. The zero-order chi connectivity index (χ0) is 30.4.